The molecule has 0 N–H and O–H groups in total. The first kappa shape index (κ1) is 18.9. The highest BCUT2D eigenvalue weighted by Crippen LogP contribution is 2.23. The molecule has 0 bridgehead atoms. The molecule has 24 heavy (non-hydrogen) atoms. The van der Waals surface area contributed by atoms with Crippen LogP contribution >= 0.6 is 22.9 Å². The van der Waals surface area contributed by atoms with Crippen molar-refractivity contribution >= 4 is 38.9 Å². The van der Waals surface area contributed by atoms with E-state index >= 15 is 0 Å². The van der Waals surface area contributed by atoms with Crippen LogP contribution in [0.15, 0.2) is 41.3 Å². The molecule has 2 aromatic rings. The molecule has 6 nitrogen and oxygen atoms in total. The van der Waals surface area contributed by atoms with Gasteiger partial charge in [0, 0.05) is 24.5 Å². The zero-order chi connectivity index (χ0) is 17.9. The fourth-order valence-corrected chi connectivity index (χ4v) is 4.16. The normalized spacial score (nSPS) is 11.7. The van der Waals surface area contributed by atoms with Gasteiger partial charge in [0.2, 0.25) is 0 Å². The molecule has 0 aliphatic rings. The van der Waals surface area contributed by atoms with Gasteiger partial charge in [-0.3, -0.25) is 9.63 Å². The Balaban J connectivity index is 2.23. The number of rotatable bonds is 6. The van der Waals surface area contributed by atoms with Gasteiger partial charge in [-0.05, 0) is 30.3 Å². The predicted molar refractivity (Wildman–Crippen MR) is 93.5 cm³/mol. The van der Waals surface area contributed by atoms with Crippen molar-refractivity contribution in [2.75, 3.05) is 21.2 Å². The van der Waals surface area contributed by atoms with Crippen molar-refractivity contribution in [2.45, 2.75) is 11.4 Å². The fourth-order valence-electron chi connectivity index (χ4n) is 2.00. The van der Waals surface area contributed by atoms with Crippen LogP contribution in [0.1, 0.15) is 15.2 Å². The first-order valence-electron chi connectivity index (χ1n) is 6.88. The van der Waals surface area contributed by atoms with Crippen LogP contribution in [0.25, 0.3) is 0 Å². The van der Waals surface area contributed by atoms with Crippen molar-refractivity contribution in [1.82, 2.24) is 9.37 Å². The Kier molecular flexibility index (Phi) is 6.00. The quantitative estimate of drug-likeness (QED) is 0.713. The van der Waals surface area contributed by atoms with Crippen molar-refractivity contribution in [3.05, 3.63) is 51.2 Å². The maximum absolute atomic E-state index is 12.5. The molecule has 1 heterocycles. The molecule has 0 saturated carbocycles. The molecule has 9 heteroatoms. The van der Waals surface area contributed by atoms with Crippen molar-refractivity contribution in [3.63, 3.8) is 0 Å². The van der Waals surface area contributed by atoms with Crippen molar-refractivity contribution in [1.29, 1.82) is 0 Å². The SMILES string of the molecule is CON(C)S(=O)(=O)c1cccc(C(=O)N(C)Cc2ccc(Cl)s2)c1. The molecule has 1 amide bonds. The number of hydrogen-bond acceptors (Lipinski definition) is 5. The summed E-state index contributed by atoms with van der Waals surface area (Å²) in [6.07, 6.45) is 0. The van der Waals surface area contributed by atoms with E-state index in [9.17, 15) is 13.2 Å². The lowest BCUT2D eigenvalue weighted by Crippen LogP contribution is -2.28. The minimum atomic E-state index is -3.80. The number of halogens is 1. The maximum atomic E-state index is 12.5. The van der Waals surface area contributed by atoms with Crippen molar-refractivity contribution in [2.24, 2.45) is 0 Å². The van der Waals surface area contributed by atoms with Gasteiger partial charge in [0.05, 0.1) is 22.9 Å². The van der Waals surface area contributed by atoms with Gasteiger partial charge in [0.1, 0.15) is 0 Å². The van der Waals surface area contributed by atoms with E-state index in [2.05, 4.69) is 0 Å². The van der Waals surface area contributed by atoms with Gasteiger partial charge in [-0.25, -0.2) is 8.42 Å². The van der Waals surface area contributed by atoms with E-state index in [0.717, 1.165) is 9.35 Å². The molecule has 0 saturated heterocycles. The average Bonchev–Trinajstić information content (AvgIpc) is 2.98. The lowest BCUT2D eigenvalue weighted by molar-refractivity contribution is -0.0258. The monoisotopic (exact) mass is 388 g/mol. The number of carbonyl (C=O) groups is 1. The summed E-state index contributed by atoms with van der Waals surface area (Å²) in [5, 5.41) is 0. The first-order valence-corrected chi connectivity index (χ1v) is 9.52. The molecule has 1 aromatic carbocycles. The largest absolute Gasteiger partial charge is 0.337 e. The summed E-state index contributed by atoms with van der Waals surface area (Å²) in [4.78, 5) is 19.7. The number of hydrogen-bond donors (Lipinski definition) is 0. The Bertz CT molecular complexity index is 836. The number of thiophene rings is 1. The Morgan fingerprint density at radius 1 is 1.25 bits per heavy atom. The summed E-state index contributed by atoms with van der Waals surface area (Å²) < 4.78 is 25.9. The fraction of sp³-hybridized carbons (Fsp3) is 0.267. The molecule has 0 aliphatic heterocycles. The number of nitrogens with zero attached hydrogens (tertiary/aromatic N) is 2. The number of carbonyl (C=O) groups excluding carboxylic acids is 1. The molecule has 1 aromatic heterocycles. The van der Waals surface area contributed by atoms with Gasteiger partial charge in [-0.1, -0.05) is 22.1 Å². The van der Waals surface area contributed by atoms with E-state index in [4.69, 9.17) is 16.4 Å². The summed E-state index contributed by atoms with van der Waals surface area (Å²) >= 11 is 7.28. The van der Waals surface area contributed by atoms with Crippen LogP contribution in [-0.2, 0) is 21.4 Å². The van der Waals surface area contributed by atoms with Gasteiger partial charge in [-0.2, -0.15) is 0 Å². The molecule has 0 fully saturated rings. The van der Waals surface area contributed by atoms with E-state index in [1.54, 1.807) is 19.2 Å². The molecule has 0 unspecified atom stereocenters. The highest BCUT2D eigenvalue weighted by atomic mass is 35.5. The average molecular weight is 389 g/mol. The lowest BCUT2D eigenvalue weighted by Gasteiger charge is -2.18. The lowest BCUT2D eigenvalue weighted by atomic mass is 10.2. The highest BCUT2D eigenvalue weighted by Gasteiger charge is 2.22. The number of hydroxylamine groups is 1. The third-order valence-electron chi connectivity index (χ3n) is 3.34. The van der Waals surface area contributed by atoms with Crippen LogP contribution in [0.5, 0.6) is 0 Å². The molecule has 0 radical (unpaired) electrons. The van der Waals surface area contributed by atoms with Gasteiger partial charge >= 0.3 is 0 Å². The zero-order valence-corrected chi connectivity index (χ0v) is 15.8. The molecule has 2 rings (SSSR count). The summed E-state index contributed by atoms with van der Waals surface area (Å²) in [6.45, 7) is 0.394. The summed E-state index contributed by atoms with van der Waals surface area (Å²) in [6, 6.07) is 9.48. The zero-order valence-electron chi connectivity index (χ0n) is 13.4. The van der Waals surface area contributed by atoms with Gasteiger partial charge in [0.15, 0.2) is 0 Å². The Labute approximate surface area is 150 Å². The molecule has 0 spiro atoms. The second kappa shape index (κ2) is 7.62. The number of sulfonamides is 1. The molecule has 130 valence electrons. The van der Waals surface area contributed by atoms with E-state index in [1.165, 1.54) is 48.6 Å². The number of benzene rings is 1. The van der Waals surface area contributed by atoms with E-state index < -0.39 is 10.0 Å². The smallest absolute Gasteiger partial charge is 0.264 e. The predicted octanol–water partition coefficient (Wildman–Crippen LogP) is 2.86. The summed E-state index contributed by atoms with van der Waals surface area (Å²) in [5.41, 5.74) is 0.283. The molecular formula is C15H17ClN2O4S2. The second-order valence-electron chi connectivity index (χ2n) is 4.99. The maximum Gasteiger partial charge on any atom is 0.264 e. The molecular weight excluding hydrogens is 372 g/mol. The van der Waals surface area contributed by atoms with Crippen LogP contribution in [0, 0.1) is 0 Å². The van der Waals surface area contributed by atoms with Crippen LogP contribution in [0.3, 0.4) is 0 Å². The van der Waals surface area contributed by atoms with Crippen LogP contribution in [0.2, 0.25) is 4.34 Å². The van der Waals surface area contributed by atoms with Crippen LogP contribution in [0.4, 0.5) is 0 Å². The van der Waals surface area contributed by atoms with E-state index in [-0.39, 0.29) is 16.4 Å². The number of amides is 1. The Morgan fingerprint density at radius 2 is 1.96 bits per heavy atom. The minimum absolute atomic E-state index is 0.00901. The Morgan fingerprint density at radius 3 is 2.54 bits per heavy atom. The molecule has 0 atom stereocenters. The highest BCUT2D eigenvalue weighted by molar-refractivity contribution is 7.89. The third-order valence-corrected chi connectivity index (χ3v) is 6.23. The summed E-state index contributed by atoms with van der Waals surface area (Å²) in [5.74, 6) is -0.281. The van der Waals surface area contributed by atoms with Crippen molar-refractivity contribution in [3.8, 4) is 0 Å². The Hall–Kier alpha value is -1.45. The van der Waals surface area contributed by atoms with Gasteiger partial charge < -0.3 is 4.90 Å². The van der Waals surface area contributed by atoms with Crippen LogP contribution in [-0.4, -0.2) is 44.9 Å². The van der Waals surface area contributed by atoms with Gasteiger partial charge in [0.25, 0.3) is 15.9 Å². The second-order valence-corrected chi connectivity index (χ2v) is 8.73. The van der Waals surface area contributed by atoms with E-state index in [0.29, 0.717) is 10.9 Å². The first-order chi connectivity index (χ1) is 11.3. The van der Waals surface area contributed by atoms with Gasteiger partial charge in [-0.15, -0.1) is 11.3 Å². The van der Waals surface area contributed by atoms with E-state index in [1.807, 2.05) is 6.07 Å². The van der Waals surface area contributed by atoms with Crippen molar-refractivity contribution < 1.29 is 18.0 Å². The summed E-state index contributed by atoms with van der Waals surface area (Å²) in [7, 11) is 0.394. The van der Waals surface area contributed by atoms with Crippen LogP contribution < -0.4 is 0 Å². The third kappa shape index (κ3) is 4.14. The minimum Gasteiger partial charge on any atom is -0.337 e. The topological polar surface area (TPSA) is 66.9 Å². The molecule has 0 aliphatic carbocycles. The standard InChI is InChI=1S/C15H17ClN2O4S2/c1-17(10-12-7-8-14(16)23-12)15(19)11-5-4-6-13(9-11)24(20,21)18(2)22-3/h4-9H,10H2,1-3H3.